The number of anilines is 1. The highest BCUT2D eigenvalue weighted by molar-refractivity contribution is 6.33. The topological polar surface area (TPSA) is 112 Å². The average molecular weight is 516 g/mol. The summed E-state index contributed by atoms with van der Waals surface area (Å²) in [5.74, 6) is -0.0320. The number of hydrogen-bond acceptors (Lipinski definition) is 6. The van der Waals surface area contributed by atoms with Gasteiger partial charge in [-0.1, -0.05) is 52.7 Å². The zero-order valence-corrected chi connectivity index (χ0v) is 20.8. The van der Waals surface area contributed by atoms with Crippen molar-refractivity contribution in [3.05, 3.63) is 110 Å². The number of nitrogens with one attached hydrogen (secondary N) is 1. The van der Waals surface area contributed by atoms with Crippen LogP contribution in [0, 0.1) is 13.8 Å². The standard InChI is InChI=1S/C27H22ClN5O4/c1-16-7-10-18(11-8-16)25-30-23(31-37-25)14-33-26(35)19-5-3-4-6-22(19)32(27(33)36)15-24(34)29-21-12-9-17(2)13-20(21)28/h3-13H,14-15H2,1-2H3,(H,29,34). The molecule has 2 aromatic heterocycles. The third kappa shape index (κ3) is 4.94. The molecule has 0 aliphatic carbocycles. The lowest BCUT2D eigenvalue weighted by molar-refractivity contribution is -0.116. The SMILES string of the molecule is Cc1ccc(-c2nc(Cn3c(=O)c4ccccc4n(CC(=O)Nc4ccc(C)cc4Cl)c3=O)no2)cc1. The van der Waals surface area contributed by atoms with Gasteiger partial charge in [0.25, 0.3) is 11.4 Å². The molecule has 5 aromatic rings. The molecule has 9 nitrogen and oxygen atoms in total. The second-order valence-corrected chi connectivity index (χ2v) is 9.10. The second kappa shape index (κ2) is 9.87. The molecule has 0 fully saturated rings. The fourth-order valence-electron chi connectivity index (χ4n) is 3.99. The van der Waals surface area contributed by atoms with Crippen molar-refractivity contribution in [1.29, 1.82) is 0 Å². The fraction of sp³-hybridized carbons (Fsp3) is 0.148. The Hall–Kier alpha value is -4.50. The van der Waals surface area contributed by atoms with Crippen molar-refractivity contribution >= 4 is 34.1 Å². The molecule has 0 aliphatic heterocycles. The number of amides is 1. The molecule has 0 saturated carbocycles. The molecular formula is C27H22ClN5O4. The van der Waals surface area contributed by atoms with E-state index in [0.29, 0.717) is 16.2 Å². The molecule has 1 amide bonds. The molecule has 2 heterocycles. The lowest BCUT2D eigenvalue weighted by Crippen LogP contribution is -2.42. The summed E-state index contributed by atoms with van der Waals surface area (Å²) in [4.78, 5) is 43.9. The Morgan fingerprint density at radius 2 is 1.70 bits per heavy atom. The van der Waals surface area contributed by atoms with E-state index in [1.165, 1.54) is 4.57 Å². The number of carbonyl (C=O) groups excluding carboxylic acids is 1. The molecule has 186 valence electrons. The van der Waals surface area contributed by atoms with Gasteiger partial charge in [-0.2, -0.15) is 4.98 Å². The first kappa shape index (κ1) is 24.2. The molecule has 5 rings (SSSR count). The maximum absolute atomic E-state index is 13.5. The number of aromatic nitrogens is 4. The van der Waals surface area contributed by atoms with Crippen LogP contribution in [0.3, 0.4) is 0 Å². The highest BCUT2D eigenvalue weighted by Crippen LogP contribution is 2.23. The maximum atomic E-state index is 13.5. The van der Waals surface area contributed by atoms with Crippen molar-refractivity contribution < 1.29 is 9.32 Å². The minimum Gasteiger partial charge on any atom is -0.334 e. The van der Waals surface area contributed by atoms with E-state index in [9.17, 15) is 14.4 Å². The largest absolute Gasteiger partial charge is 0.334 e. The summed E-state index contributed by atoms with van der Waals surface area (Å²) in [5, 5.41) is 7.35. The highest BCUT2D eigenvalue weighted by atomic mass is 35.5. The smallest absolute Gasteiger partial charge is 0.332 e. The van der Waals surface area contributed by atoms with Crippen molar-refractivity contribution in [2.45, 2.75) is 26.9 Å². The molecule has 0 atom stereocenters. The number of fused-ring (bicyclic) bond motifs is 1. The van der Waals surface area contributed by atoms with Gasteiger partial charge in [0.1, 0.15) is 6.54 Å². The van der Waals surface area contributed by atoms with Crippen molar-refractivity contribution in [3.63, 3.8) is 0 Å². The van der Waals surface area contributed by atoms with Crippen LogP contribution in [-0.4, -0.2) is 25.2 Å². The predicted octanol–water partition coefficient (Wildman–Crippen LogP) is 4.17. The molecule has 0 spiro atoms. The van der Waals surface area contributed by atoms with Gasteiger partial charge in [0, 0.05) is 5.56 Å². The van der Waals surface area contributed by atoms with E-state index in [1.54, 1.807) is 36.4 Å². The molecule has 0 unspecified atom stereocenters. The lowest BCUT2D eigenvalue weighted by atomic mass is 10.1. The number of halogens is 1. The van der Waals surface area contributed by atoms with Crippen LogP contribution in [-0.2, 0) is 17.9 Å². The number of para-hydroxylation sites is 1. The Labute approximate surface area is 215 Å². The fourth-order valence-corrected chi connectivity index (χ4v) is 4.27. The van der Waals surface area contributed by atoms with Gasteiger partial charge < -0.3 is 9.84 Å². The van der Waals surface area contributed by atoms with Crippen molar-refractivity contribution in [1.82, 2.24) is 19.3 Å². The number of aryl methyl sites for hydroxylation is 2. The molecule has 10 heteroatoms. The van der Waals surface area contributed by atoms with E-state index >= 15 is 0 Å². The third-order valence-electron chi connectivity index (χ3n) is 5.90. The quantitative estimate of drug-likeness (QED) is 0.363. The van der Waals surface area contributed by atoms with Crippen LogP contribution in [0.25, 0.3) is 22.4 Å². The summed E-state index contributed by atoms with van der Waals surface area (Å²) >= 11 is 6.24. The first-order chi connectivity index (χ1) is 17.8. The molecule has 37 heavy (non-hydrogen) atoms. The minimum atomic E-state index is -0.671. The lowest BCUT2D eigenvalue weighted by Gasteiger charge is -2.14. The van der Waals surface area contributed by atoms with E-state index in [-0.39, 0.29) is 30.2 Å². The van der Waals surface area contributed by atoms with Gasteiger partial charge in [0.15, 0.2) is 5.82 Å². The van der Waals surface area contributed by atoms with E-state index in [4.69, 9.17) is 16.1 Å². The molecular weight excluding hydrogens is 494 g/mol. The summed E-state index contributed by atoms with van der Waals surface area (Å²) in [6.07, 6.45) is 0. The summed E-state index contributed by atoms with van der Waals surface area (Å²) in [7, 11) is 0. The Balaban J connectivity index is 1.49. The van der Waals surface area contributed by atoms with E-state index < -0.39 is 17.2 Å². The van der Waals surface area contributed by atoms with Crippen molar-refractivity contribution in [2.24, 2.45) is 0 Å². The molecule has 0 saturated heterocycles. The summed E-state index contributed by atoms with van der Waals surface area (Å²) in [6, 6.07) is 19.4. The molecule has 0 bridgehead atoms. The van der Waals surface area contributed by atoms with Gasteiger partial charge in [-0.3, -0.25) is 18.7 Å². The first-order valence-electron chi connectivity index (χ1n) is 11.5. The van der Waals surface area contributed by atoms with Gasteiger partial charge >= 0.3 is 5.69 Å². The number of nitrogens with zero attached hydrogens (tertiary/aromatic N) is 4. The molecule has 3 aromatic carbocycles. The van der Waals surface area contributed by atoms with Crippen molar-refractivity contribution in [3.8, 4) is 11.5 Å². The van der Waals surface area contributed by atoms with Crippen LogP contribution >= 0.6 is 11.6 Å². The highest BCUT2D eigenvalue weighted by Gasteiger charge is 2.18. The minimum absolute atomic E-state index is 0.160. The van der Waals surface area contributed by atoms with Gasteiger partial charge in [-0.15, -0.1) is 0 Å². The number of hydrogen-bond donors (Lipinski definition) is 1. The van der Waals surface area contributed by atoms with E-state index in [0.717, 1.165) is 21.3 Å². The normalized spacial score (nSPS) is 11.1. The Bertz CT molecular complexity index is 1750. The predicted molar refractivity (Wildman–Crippen MR) is 141 cm³/mol. The van der Waals surface area contributed by atoms with Crippen LogP contribution < -0.4 is 16.6 Å². The molecule has 1 N–H and O–H groups in total. The van der Waals surface area contributed by atoms with Crippen molar-refractivity contribution in [2.75, 3.05) is 5.32 Å². The zero-order valence-electron chi connectivity index (χ0n) is 20.1. The zero-order chi connectivity index (χ0) is 26.1. The van der Waals surface area contributed by atoms with E-state index in [1.807, 2.05) is 44.2 Å². The number of carbonyl (C=O) groups is 1. The first-order valence-corrected chi connectivity index (χ1v) is 11.9. The van der Waals surface area contributed by atoms with E-state index in [2.05, 4.69) is 15.5 Å². The summed E-state index contributed by atoms with van der Waals surface area (Å²) in [5.41, 5.74) is 2.34. The van der Waals surface area contributed by atoms with Crippen LogP contribution in [0.15, 0.2) is 80.8 Å². The Morgan fingerprint density at radius 3 is 2.46 bits per heavy atom. The van der Waals surface area contributed by atoms with Gasteiger partial charge in [-0.05, 0) is 55.8 Å². The average Bonchev–Trinajstić information content (AvgIpc) is 3.35. The molecule has 0 radical (unpaired) electrons. The van der Waals surface area contributed by atoms with Gasteiger partial charge in [0.05, 0.1) is 28.2 Å². The van der Waals surface area contributed by atoms with Crippen LogP contribution in [0.5, 0.6) is 0 Å². The maximum Gasteiger partial charge on any atom is 0.332 e. The van der Waals surface area contributed by atoms with Gasteiger partial charge in [0.2, 0.25) is 5.91 Å². The van der Waals surface area contributed by atoms with Crippen LogP contribution in [0.1, 0.15) is 17.0 Å². The Morgan fingerprint density at radius 1 is 0.973 bits per heavy atom. The Kier molecular flexibility index (Phi) is 6.45. The second-order valence-electron chi connectivity index (χ2n) is 8.69. The van der Waals surface area contributed by atoms with Crippen LogP contribution in [0.2, 0.25) is 5.02 Å². The summed E-state index contributed by atoms with van der Waals surface area (Å²) < 4.78 is 7.59. The number of benzene rings is 3. The third-order valence-corrected chi connectivity index (χ3v) is 6.21. The monoisotopic (exact) mass is 515 g/mol. The summed E-state index contributed by atoms with van der Waals surface area (Å²) in [6.45, 7) is 3.31. The molecule has 0 aliphatic rings. The van der Waals surface area contributed by atoms with Crippen LogP contribution in [0.4, 0.5) is 5.69 Å². The number of rotatable bonds is 6. The van der Waals surface area contributed by atoms with Gasteiger partial charge in [-0.25, -0.2) is 4.79 Å².